The van der Waals surface area contributed by atoms with Gasteiger partial charge in [0.05, 0.1) is 0 Å². The number of hydrogen-bond acceptors (Lipinski definition) is 2. The Morgan fingerprint density at radius 1 is 0.800 bits per heavy atom. The van der Waals surface area contributed by atoms with E-state index in [1.54, 1.807) is 0 Å². The van der Waals surface area contributed by atoms with Crippen molar-refractivity contribution in [1.29, 1.82) is 0 Å². The second-order valence-corrected chi connectivity index (χ2v) is 8.40. The fourth-order valence-corrected chi connectivity index (χ4v) is 4.49. The predicted molar refractivity (Wildman–Crippen MR) is 117 cm³/mol. The summed E-state index contributed by atoms with van der Waals surface area (Å²) in [6.45, 7) is 6.67. The topological polar surface area (TPSA) is 58.3 Å². The van der Waals surface area contributed by atoms with Gasteiger partial charge in [-0.05, 0) is 24.5 Å². The van der Waals surface area contributed by atoms with Gasteiger partial charge in [0, 0.05) is 24.3 Å². The van der Waals surface area contributed by atoms with Crippen LogP contribution in [0.5, 0.6) is 0 Å². The lowest BCUT2D eigenvalue weighted by molar-refractivity contribution is -1.00. The molecule has 2 aromatic carbocycles. The average Bonchev–Trinajstić information content (AvgIpc) is 3.31. The lowest BCUT2D eigenvalue weighted by Crippen LogP contribution is -3.28. The van der Waals surface area contributed by atoms with Crippen molar-refractivity contribution in [3.8, 4) is 11.1 Å². The maximum Gasteiger partial charge on any atom is 0.279 e. The van der Waals surface area contributed by atoms with Crippen LogP contribution in [0, 0.1) is 0 Å². The summed E-state index contributed by atoms with van der Waals surface area (Å²) in [7, 11) is 0. The quantitative estimate of drug-likeness (QED) is 0.615. The van der Waals surface area contributed by atoms with Crippen LogP contribution in [0.2, 0.25) is 0 Å². The summed E-state index contributed by atoms with van der Waals surface area (Å²) in [5, 5.41) is 3.11. The highest BCUT2D eigenvalue weighted by Gasteiger charge is 2.28. The SMILES string of the molecule is O=C(C[NH+]1CC[NH+](CC(=O)N2CCCC2)CC1)Nc1ccccc1-c1ccccc1. The molecule has 0 atom stereocenters. The van der Waals surface area contributed by atoms with Gasteiger partial charge in [-0.25, -0.2) is 0 Å². The number of para-hydroxylation sites is 1. The van der Waals surface area contributed by atoms with Crippen LogP contribution in [0.1, 0.15) is 12.8 Å². The van der Waals surface area contributed by atoms with E-state index in [1.165, 1.54) is 9.80 Å². The molecule has 0 unspecified atom stereocenters. The molecule has 0 bridgehead atoms. The van der Waals surface area contributed by atoms with Crippen LogP contribution in [0.3, 0.4) is 0 Å². The molecule has 0 aromatic heterocycles. The van der Waals surface area contributed by atoms with Crippen molar-refractivity contribution < 1.29 is 19.4 Å². The number of carbonyl (C=O) groups is 2. The van der Waals surface area contributed by atoms with Gasteiger partial charge in [0.1, 0.15) is 26.2 Å². The van der Waals surface area contributed by atoms with Crippen molar-refractivity contribution in [2.45, 2.75) is 12.8 Å². The van der Waals surface area contributed by atoms with Gasteiger partial charge in [0.2, 0.25) is 0 Å². The van der Waals surface area contributed by atoms with Gasteiger partial charge in [-0.15, -0.1) is 0 Å². The molecule has 6 nitrogen and oxygen atoms in total. The van der Waals surface area contributed by atoms with Gasteiger partial charge in [0.25, 0.3) is 11.8 Å². The number of anilines is 1. The molecule has 4 rings (SSSR count). The van der Waals surface area contributed by atoms with Crippen molar-refractivity contribution in [3.63, 3.8) is 0 Å². The highest BCUT2D eigenvalue weighted by molar-refractivity contribution is 5.96. The minimum absolute atomic E-state index is 0.0463. The van der Waals surface area contributed by atoms with Crippen molar-refractivity contribution >= 4 is 17.5 Å². The largest absolute Gasteiger partial charge is 0.338 e. The lowest BCUT2D eigenvalue weighted by atomic mass is 10.0. The summed E-state index contributed by atoms with van der Waals surface area (Å²) in [6, 6.07) is 18.1. The number of quaternary nitrogens is 2. The Kier molecular flexibility index (Phi) is 6.77. The van der Waals surface area contributed by atoms with Crippen LogP contribution in [0.15, 0.2) is 54.6 Å². The van der Waals surface area contributed by atoms with Crippen molar-refractivity contribution in [2.75, 3.05) is 57.7 Å². The van der Waals surface area contributed by atoms with Gasteiger partial charge in [-0.1, -0.05) is 48.5 Å². The maximum atomic E-state index is 12.7. The summed E-state index contributed by atoms with van der Waals surface area (Å²) >= 11 is 0. The lowest BCUT2D eigenvalue weighted by Gasteiger charge is -2.30. The number of nitrogens with zero attached hydrogens (tertiary/aromatic N) is 1. The average molecular weight is 409 g/mol. The van der Waals surface area contributed by atoms with E-state index in [1.807, 2.05) is 47.4 Å². The number of benzene rings is 2. The number of hydrogen-bond donors (Lipinski definition) is 3. The van der Waals surface area contributed by atoms with E-state index in [2.05, 4.69) is 17.4 Å². The molecule has 2 aromatic rings. The van der Waals surface area contributed by atoms with Crippen LogP contribution in [-0.2, 0) is 9.59 Å². The standard InChI is InChI=1S/C24H30N4O2/c29-23(25-22-11-5-4-10-21(22)20-8-2-1-3-9-20)18-26-14-16-27(17-15-26)19-24(30)28-12-6-7-13-28/h1-5,8-11H,6-7,12-19H2,(H,25,29)/p+2. The fraction of sp³-hybridized carbons (Fsp3) is 0.417. The molecule has 30 heavy (non-hydrogen) atoms. The molecular formula is C24H32N4O2+2. The van der Waals surface area contributed by atoms with Crippen LogP contribution >= 0.6 is 0 Å². The Hall–Kier alpha value is -2.70. The summed E-state index contributed by atoms with van der Waals surface area (Å²) in [5.74, 6) is 0.339. The monoisotopic (exact) mass is 408 g/mol. The molecule has 2 aliphatic rings. The van der Waals surface area contributed by atoms with Gasteiger partial charge < -0.3 is 20.0 Å². The van der Waals surface area contributed by atoms with E-state index in [0.29, 0.717) is 19.0 Å². The molecule has 0 radical (unpaired) electrons. The number of amides is 2. The van der Waals surface area contributed by atoms with Crippen molar-refractivity contribution in [2.24, 2.45) is 0 Å². The molecule has 6 heteroatoms. The Bertz CT molecular complexity index is 857. The summed E-state index contributed by atoms with van der Waals surface area (Å²) in [4.78, 5) is 29.7. The molecule has 2 heterocycles. The first kappa shape index (κ1) is 20.6. The first-order valence-corrected chi connectivity index (χ1v) is 11.1. The Morgan fingerprint density at radius 2 is 1.40 bits per heavy atom. The first-order chi connectivity index (χ1) is 14.7. The van der Waals surface area contributed by atoms with E-state index in [4.69, 9.17) is 0 Å². The third-order valence-electron chi connectivity index (χ3n) is 6.22. The normalized spacial score (nSPS) is 21.4. The molecular weight excluding hydrogens is 376 g/mol. The molecule has 0 saturated carbocycles. The number of carbonyl (C=O) groups excluding carboxylic acids is 2. The van der Waals surface area contributed by atoms with Gasteiger partial charge in [0.15, 0.2) is 13.1 Å². The number of piperazine rings is 1. The van der Waals surface area contributed by atoms with Crippen LogP contribution in [0.4, 0.5) is 5.69 Å². The molecule has 2 fully saturated rings. The molecule has 0 spiro atoms. The zero-order chi connectivity index (χ0) is 20.8. The van der Waals surface area contributed by atoms with E-state index in [9.17, 15) is 9.59 Å². The third-order valence-corrected chi connectivity index (χ3v) is 6.22. The number of likely N-dealkylation sites (tertiary alicyclic amines) is 1. The molecule has 2 saturated heterocycles. The number of rotatable bonds is 6. The maximum absolute atomic E-state index is 12.7. The predicted octanol–water partition coefficient (Wildman–Crippen LogP) is -0.302. The first-order valence-electron chi connectivity index (χ1n) is 11.1. The molecule has 2 amide bonds. The third kappa shape index (κ3) is 5.26. The minimum Gasteiger partial charge on any atom is -0.338 e. The molecule has 158 valence electrons. The van der Waals surface area contributed by atoms with Gasteiger partial charge in [-0.2, -0.15) is 0 Å². The fourth-order valence-electron chi connectivity index (χ4n) is 4.49. The summed E-state index contributed by atoms with van der Waals surface area (Å²) < 4.78 is 0. The Balaban J connectivity index is 1.26. The van der Waals surface area contributed by atoms with Crippen LogP contribution in [-0.4, -0.2) is 69.1 Å². The highest BCUT2D eigenvalue weighted by atomic mass is 16.2. The molecule has 0 aliphatic carbocycles. The zero-order valence-electron chi connectivity index (χ0n) is 17.5. The van der Waals surface area contributed by atoms with E-state index >= 15 is 0 Å². The van der Waals surface area contributed by atoms with Gasteiger partial charge >= 0.3 is 0 Å². The van der Waals surface area contributed by atoms with Crippen molar-refractivity contribution in [3.05, 3.63) is 54.6 Å². The second-order valence-electron chi connectivity index (χ2n) is 8.40. The van der Waals surface area contributed by atoms with Crippen LogP contribution in [0.25, 0.3) is 11.1 Å². The van der Waals surface area contributed by atoms with E-state index in [-0.39, 0.29) is 5.91 Å². The smallest absolute Gasteiger partial charge is 0.279 e. The Morgan fingerprint density at radius 3 is 2.10 bits per heavy atom. The summed E-state index contributed by atoms with van der Waals surface area (Å²) in [5.41, 5.74) is 2.99. The number of nitrogens with one attached hydrogen (secondary N) is 3. The summed E-state index contributed by atoms with van der Waals surface area (Å²) in [6.07, 6.45) is 2.28. The zero-order valence-corrected chi connectivity index (χ0v) is 17.5. The van der Waals surface area contributed by atoms with Crippen LogP contribution < -0.4 is 15.1 Å². The van der Waals surface area contributed by atoms with Crippen molar-refractivity contribution in [1.82, 2.24) is 4.90 Å². The minimum atomic E-state index is 0.0463. The Labute approximate surface area is 178 Å². The van der Waals surface area contributed by atoms with E-state index < -0.39 is 0 Å². The molecule has 2 aliphatic heterocycles. The van der Waals surface area contributed by atoms with Gasteiger partial charge in [-0.3, -0.25) is 9.59 Å². The van der Waals surface area contributed by atoms with E-state index in [0.717, 1.165) is 68.9 Å². The highest BCUT2D eigenvalue weighted by Crippen LogP contribution is 2.27. The second kappa shape index (κ2) is 9.87. The molecule has 3 N–H and O–H groups in total.